The van der Waals surface area contributed by atoms with Crippen molar-refractivity contribution in [1.29, 1.82) is 0 Å². The van der Waals surface area contributed by atoms with Gasteiger partial charge in [-0.2, -0.15) is 0 Å². The fourth-order valence-electron chi connectivity index (χ4n) is 1.97. The summed E-state index contributed by atoms with van der Waals surface area (Å²) >= 11 is 0. The minimum Gasteiger partial charge on any atom is -0.387 e. The molecule has 6 nitrogen and oxygen atoms in total. The highest BCUT2D eigenvalue weighted by Gasteiger charge is 2.12. The molecule has 0 saturated carbocycles. The number of halogens is 2. The molecule has 1 heterocycles. The molecule has 0 aliphatic carbocycles. The lowest BCUT2D eigenvalue weighted by Crippen LogP contribution is -2.38. The van der Waals surface area contributed by atoms with Gasteiger partial charge in [0.25, 0.3) is 0 Å². The minimum atomic E-state index is -1.11. The first-order chi connectivity index (χ1) is 11.1. The van der Waals surface area contributed by atoms with Gasteiger partial charge < -0.3 is 20.3 Å². The SMILES string of the molecule is O=C(NCCCn1ccnc1)NC[C@@H](O)c1ccc(F)c(F)c1. The molecule has 0 radical (unpaired) electrons. The number of carbonyl (C=O) groups is 1. The summed E-state index contributed by atoms with van der Waals surface area (Å²) in [7, 11) is 0. The van der Waals surface area contributed by atoms with Crippen molar-refractivity contribution in [2.24, 2.45) is 0 Å². The van der Waals surface area contributed by atoms with E-state index in [9.17, 15) is 18.7 Å². The average molecular weight is 324 g/mol. The molecule has 1 atom stereocenters. The Labute approximate surface area is 132 Å². The molecule has 2 amide bonds. The molecule has 23 heavy (non-hydrogen) atoms. The van der Waals surface area contributed by atoms with Crippen LogP contribution in [0.3, 0.4) is 0 Å². The number of imidazole rings is 1. The second-order valence-corrected chi connectivity index (χ2v) is 4.98. The monoisotopic (exact) mass is 324 g/mol. The number of nitrogens with zero attached hydrogens (tertiary/aromatic N) is 2. The van der Waals surface area contributed by atoms with Crippen LogP contribution >= 0.6 is 0 Å². The van der Waals surface area contributed by atoms with Crippen LogP contribution in [0.2, 0.25) is 0 Å². The molecule has 2 rings (SSSR count). The van der Waals surface area contributed by atoms with Gasteiger partial charge in [0, 0.05) is 32.0 Å². The van der Waals surface area contributed by atoms with E-state index in [0.29, 0.717) is 6.54 Å². The van der Waals surface area contributed by atoms with Crippen LogP contribution in [-0.2, 0) is 6.54 Å². The number of nitrogens with one attached hydrogen (secondary N) is 2. The Morgan fingerprint density at radius 3 is 2.83 bits per heavy atom. The van der Waals surface area contributed by atoms with E-state index in [2.05, 4.69) is 15.6 Å². The summed E-state index contributed by atoms with van der Waals surface area (Å²) in [5.74, 6) is -2.02. The van der Waals surface area contributed by atoms with Crippen molar-refractivity contribution in [1.82, 2.24) is 20.2 Å². The molecule has 0 spiro atoms. The number of carbonyl (C=O) groups excluding carboxylic acids is 1. The molecule has 8 heteroatoms. The van der Waals surface area contributed by atoms with Crippen molar-refractivity contribution in [2.45, 2.75) is 19.1 Å². The summed E-state index contributed by atoms with van der Waals surface area (Å²) in [6.07, 6.45) is 4.83. The molecule has 0 aliphatic heterocycles. The van der Waals surface area contributed by atoms with Gasteiger partial charge in [0.05, 0.1) is 12.4 Å². The molecule has 1 aromatic carbocycles. The first kappa shape index (κ1) is 16.9. The van der Waals surface area contributed by atoms with Crippen LogP contribution in [0.15, 0.2) is 36.9 Å². The zero-order valence-corrected chi connectivity index (χ0v) is 12.4. The van der Waals surface area contributed by atoms with Crippen LogP contribution in [-0.4, -0.2) is 33.8 Å². The standard InChI is InChI=1S/C15H18F2N4O2/c16-12-3-2-11(8-13(12)17)14(22)9-20-15(23)19-4-1-6-21-7-5-18-10-21/h2-3,5,7-8,10,14,22H,1,4,6,9H2,(H2,19,20,23)/t14-/m1/s1. The molecule has 2 aromatic rings. The van der Waals surface area contributed by atoms with Crippen molar-refractivity contribution in [3.05, 3.63) is 54.1 Å². The highest BCUT2D eigenvalue weighted by molar-refractivity contribution is 5.73. The van der Waals surface area contributed by atoms with E-state index in [1.54, 1.807) is 12.5 Å². The number of benzene rings is 1. The topological polar surface area (TPSA) is 79.2 Å². The number of hydrogen-bond acceptors (Lipinski definition) is 3. The largest absolute Gasteiger partial charge is 0.387 e. The van der Waals surface area contributed by atoms with E-state index in [0.717, 1.165) is 25.1 Å². The molecule has 0 unspecified atom stereocenters. The van der Waals surface area contributed by atoms with Crippen LogP contribution in [0.25, 0.3) is 0 Å². The quantitative estimate of drug-likeness (QED) is 0.677. The van der Waals surface area contributed by atoms with Gasteiger partial charge in [-0.15, -0.1) is 0 Å². The van der Waals surface area contributed by atoms with Gasteiger partial charge in [0.1, 0.15) is 0 Å². The molecule has 0 fully saturated rings. The summed E-state index contributed by atoms with van der Waals surface area (Å²) in [4.78, 5) is 15.5. The molecule has 1 aromatic heterocycles. The third-order valence-corrected chi connectivity index (χ3v) is 3.22. The van der Waals surface area contributed by atoms with E-state index < -0.39 is 23.8 Å². The zero-order chi connectivity index (χ0) is 16.7. The maximum absolute atomic E-state index is 13.1. The predicted octanol–water partition coefficient (Wildman–Crippen LogP) is 1.58. The summed E-state index contributed by atoms with van der Waals surface area (Å²) in [6, 6.07) is 2.68. The maximum atomic E-state index is 13.1. The van der Waals surface area contributed by atoms with Crippen molar-refractivity contribution in [3.63, 3.8) is 0 Å². The molecular weight excluding hydrogens is 306 g/mol. The highest BCUT2D eigenvalue weighted by atomic mass is 19.2. The first-order valence-corrected chi connectivity index (χ1v) is 7.16. The lowest BCUT2D eigenvalue weighted by molar-refractivity contribution is 0.172. The van der Waals surface area contributed by atoms with Crippen molar-refractivity contribution in [2.75, 3.05) is 13.1 Å². The van der Waals surface area contributed by atoms with E-state index in [1.807, 2.05) is 10.8 Å². The third-order valence-electron chi connectivity index (χ3n) is 3.22. The number of aliphatic hydroxyl groups is 1. The number of aliphatic hydroxyl groups excluding tert-OH is 1. The van der Waals surface area contributed by atoms with Gasteiger partial charge in [-0.1, -0.05) is 6.07 Å². The molecule has 124 valence electrons. The van der Waals surface area contributed by atoms with Crippen molar-refractivity contribution >= 4 is 6.03 Å². The van der Waals surface area contributed by atoms with Crippen LogP contribution < -0.4 is 10.6 Å². The second kappa shape index (κ2) is 8.23. The van der Waals surface area contributed by atoms with Crippen LogP contribution in [0.4, 0.5) is 13.6 Å². The summed E-state index contributed by atoms with van der Waals surface area (Å²) in [5.41, 5.74) is 0.198. The Balaban J connectivity index is 1.66. The Hall–Kier alpha value is -2.48. The third kappa shape index (κ3) is 5.33. The van der Waals surface area contributed by atoms with E-state index >= 15 is 0 Å². The van der Waals surface area contributed by atoms with E-state index in [1.165, 1.54) is 6.07 Å². The number of aromatic nitrogens is 2. The fraction of sp³-hybridized carbons (Fsp3) is 0.333. The zero-order valence-electron chi connectivity index (χ0n) is 12.4. The number of rotatable bonds is 7. The number of hydrogen-bond donors (Lipinski definition) is 3. The summed E-state index contributed by atoms with van der Waals surface area (Å²) < 4.78 is 27.8. The maximum Gasteiger partial charge on any atom is 0.314 e. The van der Waals surface area contributed by atoms with Crippen LogP contribution in [0.1, 0.15) is 18.1 Å². The van der Waals surface area contributed by atoms with Gasteiger partial charge in [-0.05, 0) is 24.1 Å². The molecule has 0 bridgehead atoms. The number of amides is 2. The lowest BCUT2D eigenvalue weighted by atomic mass is 10.1. The van der Waals surface area contributed by atoms with E-state index in [-0.39, 0.29) is 12.1 Å². The van der Waals surface area contributed by atoms with Gasteiger partial charge >= 0.3 is 6.03 Å². The number of urea groups is 1. The summed E-state index contributed by atoms with van der Waals surface area (Å²) in [5, 5.41) is 15.0. The van der Waals surface area contributed by atoms with Crippen molar-refractivity contribution < 1.29 is 18.7 Å². The highest BCUT2D eigenvalue weighted by Crippen LogP contribution is 2.15. The van der Waals surface area contributed by atoms with Gasteiger partial charge in [0.15, 0.2) is 11.6 Å². The normalized spacial score (nSPS) is 12.0. The first-order valence-electron chi connectivity index (χ1n) is 7.16. The number of aryl methyl sites for hydroxylation is 1. The van der Waals surface area contributed by atoms with Gasteiger partial charge in [-0.25, -0.2) is 18.6 Å². The predicted molar refractivity (Wildman–Crippen MR) is 79.6 cm³/mol. The Bertz CT molecular complexity index is 634. The van der Waals surface area contributed by atoms with Crippen molar-refractivity contribution in [3.8, 4) is 0 Å². The molecule has 0 saturated heterocycles. The Morgan fingerprint density at radius 2 is 2.13 bits per heavy atom. The lowest BCUT2D eigenvalue weighted by Gasteiger charge is -2.13. The Kier molecular flexibility index (Phi) is 6.04. The fourth-order valence-corrected chi connectivity index (χ4v) is 1.97. The van der Waals surface area contributed by atoms with Gasteiger partial charge in [-0.3, -0.25) is 0 Å². The minimum absolute atomic E-state index is 0.0988. The van der Waals surface area contributed by atoms with Gasteiger partial charge in [0.2, 0.25) is 0 Å². The second-order valence-electron chi connectivity index (χ2n) is 4.98. The van der Waals surface area contributed by atoms with E-state index in [4.69, 9.17) is 0 Å². The van der Waals surface area contributed by atoms with Crippen LogP contribution in [0.5, 0.6) is 0 Å². The molecule has 3 N–H and O–H groups in total. The van der Waals surface area contributed by atoms with Crippen LogP contribution in [0, 0.1) is 11.6 Å². The molecular formula is C15H18F2N4O2. The average Bonchev–Trinajstić information content (AvgIpc) is 3.05. The Morgan fingerprint density at radius 1 is 1.30 bits per heavy atom. The summed E-state index contributed by atoms with van der Waals surface area (Å²) in [6.45, 7) is 1.10. The molecule has 0 aliphatic rings. The smallest absolute Gasteiger partial charge is 0.314 e.